The van der Waals surface area contributed by atoms with Crippen molar-refractivity contribution in [2.45, 2.75) is 51.1 Å². The van der Waals surface area contributed by atoms with Crippen LogP contribution in [0.2, 0.25) is 0 Å². The largest absolute Gasteiger partial charge is 0.352 e. The second kappa shape index (κ2) is 6.71. The first-order valence-corrected chi connectivity index (χ1v) is 7.29. The van der Waals surface area contributed by atoms with Crippen LogP contribution >= 0.6 is 0 Å². The lowest BCUT2D eigenvalue weighted by atomic mass is 9.84. The van der Waals surface area contributed by atoms with E-state index in [-0.39, 0.29) is 11.9 Å². The fourth-order valence-electron chi connectivity index (χ4n) is 2.88. The molecule has 3 nitrogen and oxygen atoms in total. The van der Waals surface area contributed by atoms with Crippen LogP contribution in [0.4, 0.5) is 0 Å². The third kappa shape index (κ3) is 3.80. The monoisotopic (exact) mass is 260 g/mol. The first-order chi connectivity index (χ1) is 9.18. The summed E-state index contributed by atoms with van der Waals surface area (Å²) in [5.74, 6) is 0.546. The molecule has 1 aromatic rings. The van der Waals surface area contributed by atoms with E-state index in [0.29, 0.717) is 5.92 Å². The minimum atomic E-state index is -0.563. The highest BCUT2D eigenvalue weighted by Gasteiger charge is 2.24. The van der Waals surface area contributed by atoms with Gasteiger partial charge >= 0.3 is 0 Å². The van der Waals surface area contributed by atoms with Gasteiger partial charge in [0.05, 0.1) is 0 Å². The fraction of sp³-hybridized carbons (Fsp3) is 0.562. The average Bonchev–Trinajstić information content (AvgIpc) is 2.48. The van der Waals surface area contributed by atoms with Crippen molar-refractivity contribution in [2.24, 2.45) is 11.7 Å². The van der Waals surface area contributed by atoms with E-state index in [9.17, 15) is 4.79 Å². The lowest BCUT2D eigenvalue weighted by molar-refractivity contribution is -0.123. The molecule has 104 valence electrons. The quantitative estimate of drug-likeness (QED) is 0.874. The van der Waals surface area contributed by atoms with E-state index in [4.69, 9.17) is 5.73 Å². The molecular weight excluding hydrogens is 236 g/mol. The summed E-state index contributed by atoms with van der Waals surface area (Å²) in [5.41, 5.74) is 6.88. The van der Waals surface area contributed by atoms with Crippen LogP contribution in [0.15, 0.2) is 30.3 Å². The molecule has 1 fully saturated rings. The molecule has 0 aromatic heterocycles. The van der Waals surface area contributed by atoms with Gasteiger partial charge in [0.1, 0.15) is 6.04 Å². The average molecular weight is 260 g/mol. The summed E-state index contributed by atoms with van der Waals surface area (Å²) in [5, 5.41) is 3.08. The molecule has 2 atom stereocenters. The number of nitrogens with one attached hydrogen (secondary N) is 1. The van der Waals surface area contributed by atoms with E-state index in [1.165, 1.54) is 32.1 Å². The Morgan fingerprint density at radius 2 is 1.84 bits per heavy atom. The predicted molar refractivity (Wildman–Crippen MR) is 77.6 cm³/mol. The molecule has 0 saturated heterocycles. The van der Waals surface area contributed by atoms with Crippen molar-refractivity contribution in [1.82, 2.24) is 5.32 Å². The van der Waals surface area contributed by atoms with E-state index in [0.717, 1.165) is 5.56 Å². The first kappa shape index (κ1) is 14.1. The minimum Gasteiger partial charge on any atom is -0.352 e. The van der Waals surface area contributed by atoms with Crippen LogP contribution in [-0.2, 0) is 4.79 Å². The van der Waals surface area contributed by atoms with Gasteiger partial charge in [0, 0.05) is 6.04 Å². The van der Waals surface area contributed by atoms with Crippen LogP contribution in [0.5, 0.6) is 0 Å². The minimum absolute atomic E-state index is 0.0655. The molecule has 1 aromatic carbocycles. The summed E-state index contributed by atoms with van der Waals surface area (Å²) in [6, 6.07) is 9.21. The number of benzene rings is 1. The summed E-state index contributed by atoms with van der Waals surface area (Å²) in [7, 11) is 0. The molecule has 0 spiro atoms. The summed E-state index contributed by atoms with van der Waals surface area (Å²) in [6.07, 6.45) is 6.36. The van der Waals surface area contributed by atoms with Crippen molar-refractivity contribution in [3.05, 3.63) is 35.9 Å². The van der Waals surface area contributed by atoms with Crippen LogP contribution in [0.3, 0.4) is 0 Å². The van der Waals surface area contributed by atoms with Crippen molar-refractivity contribution < 1.29 is 4.79 Å². The zero-order valence-corrected chi connectivity index (χ0v) is 11.6. The third-order valence-electron chi connectivity index (χ3n) is 4.17. The molecule has 3 N–H and O–H groups in total. The Labute approximate surface area is 115 Å². The van der Waals surface area contributed by atoms with E-state index >= 15 is 0 Å². The highest BCUT2D eigenvalue weighted by atomic mass is 16.2. The standard InChI is InChI=1S/C16H24N2O/c1-12(13-8-4-2-5-9-13)18-16(19)15(17)14-10-6-3-7-11-14/h3,6-7,10-13,15H,2,4-5,8-9,17H2,1H3,(H,18,19)/t12-,15?/m1/s1. The second-order valence-electron chi connectivity index (χ2n) is 5.58. The summed E-state index contributed by atoms with van der Waals surface area (Å²) in [6.45, 7) is 2.10. The lowest BCUT2D eigenvalue weighted by Crippen LogP contribution is -2.43. The summed E-state index contributed by atoms with van der Waals surface area (Å²) < 4.78 is 0. The number of carbonyl (C=O) groups is 1. The van der Waals surface area contributed by atoms with Crippen molar-refractivity contribution in [2.75, 3.05) is 0 Å². The predicted octanol–water partition coefficient (Wildman–Crippen LogP) is 2.77. The second-order valence-corrected chi connectivity index (χ2v) is 5.58. The zero-order chi connectivity index (χ0) is 13.7. The normalized spacial score (nSPS) is 19.7. The molecular formula is C16H24N2O. The number of hydrogen-bond acceptors (Lipinski definition) is 2. The molecule has 0 bridgehead atoms. The van der Waals surface area contributed by atoms with E-state index in [1.54, 1.807) is 0 Å². The topological polar surface area (TPSA) is 55.1 Å². The summed E-state index contributed by atoms with van der Waals surface area (Å²) >= 11 is 0. The Kier molecular flexibility index (Phi) is 4.97. The number of nitrogens with two attached hydrogens (primary N) is 1. The number of carbonyl (C=O) groups excluding carboxylic acids is 1. The zero-order valence-electron chi connectivity index (χ0n) is 11.6. The van der Waals surface area contributed by atoms with Crippen LogP contribution in [0, 0.1) is 5.92 Å². The molecule has 3 heteroatoms. The maximum Gasteiger partial charge on any atom is 0.241 e. The van der Waals surface area contributed by atoms with Gasteiger partial charge in [0.15, 0.2) is 0 Å². The van der Waals surface area contributed by atoms with Crippen LogP contribution in [-0.4, -0.2) is 11.9 Å². The maximum absolute atomic E-state index is 12.2. The number of rotatable bonds is 4. The van der Waals surface area contributed by atoms with Crippen molar-refractivity contribution in [1.29, 1.82) is 0 Å². The number of amides is 1. The van der Waals surface area contributed by atoms with Gasteiger partial charge < -0.3 is 11.1 Å². The third-order valence-corrected chi connectivity index (χ3v) is 4.17. The molecule has 1 amide bonds. The smallest absolute Gasteiger partial charge is 0.241 e. The Bertz CT molecular complexity index is 398. The highest BCUT2D eigenvalue weighted by Crippen LogP contribution is 2.26. The highest BCUT2D eigenvalue weighted by molar-refractivity contribution is 5.83. The SMILES string of the molecule is C[C@@H](NC(=O)C(N)c1ccccc1)C1CCCCC1. The Hall–Kier alpha value is -1.35. The van der Waals surface area contributed by atoms with Gasteiger partial charge in [0.2, 0.25) is 5.91 Å². The van der Waals surface area contributed by atoms with Gasteiger partial charge in [-0.2, -0.15) is 0 Å². The maximum atomic E-state index is 12.2. The first-order valence-electron chi connectivity index (χ1n) is 7.29. The van der Waals surface area contributed by atoms with Gasteiger partial charge in [-0.3, -0.25) is 4.79 Å². The van der Waals surface area contributed by atoms with E-state index in [1.807, 2.05) is 30.3 Å². The Morgan fingerprint density at radius 1 is 1.21 bits per heavy atom. The molecule has 1 unspecified atom stereocenters. The van der Waals surface area contributed by atoms with Gasteiger partial charge in [-0.1, -0.05) is 49.6 Å². The molecule has 1 aliphatic carbocycles. The van der Waals surface area contributed by atoms with E-state index < -0.39 is 6.04 Å². The number of hydrogen-bond donors (Lipinski definition) is 2. The summed E-state index contributed by atoms with van der Waals surface area (Å²) in [4.78, 5) is 12.2. The molecule has 0 aliphatic heterocycles. The van der Waals surface area contributed by atoms with Crippen molar-refractivity contribution in [3.8, 4) is 0 Å². The molecule has 1 saturated carbocycles. The fourth-order valence-corrected chi connectivity index (χ4v) is 2.88. The lowest BCUT2D eigenvalue weighted by Gasteiger charge is -2.29. The molecule has 0 radical (unpaired) electrons. The van der Waals surface area contributed by atoms with Crippen LogP contribution < -0.4 is 11.1 Å². The molecule has 2 rings (SSSR count). The van der Waals surface area contributed by atoms with Gasteiger partial charge in [-0.25, -0.2) is 0 Å². The van der Waals surface area contributed by atoms with Crippen molar-refractivity contribution >= 4 is 5.91 Å². The Morgan fingerprint density at radius 3 is 2.47 bits per heavy atom. The van der Waals surface area contributed by atoms with Gasteiger partial charge in [0.25, 0.3) is 0 Å². The molecule has 0 heterocycles. The van der Waals surface area contributed by atoms with Crippen LogP contribution in [0.25, 0.3) is 0 Å². The van der Waals surface area contributed by atoms with Gasteiger partial charge in [-0.15, -0.1) is 0 Å². The van der Waals surface area contributed by atoms with Crippen molar-refractivity contribution in [3.63, 3.8) is 0 Å². The van der Waals surface area contributed by atoms with E-state index in [2.05, 4.69) is 12.2 Å². The van der Waals surface area contributed by atoms with Gasteiger partial charge in [-0.05, 0) is 31.2 Å². The molecule has 1 aliphatic rings. The Balaban J connectivity index is 1.89. The van der Waals surface area contributed by atoms with Crippen LogP contribution in [0.1, 0.15) is 50.6 Å². The molecule has 19 heavy (non-hydrogen) atoms.